The van der Waals surface area contributed by atoms with Gasteiger partial charge in [-0.05, 0) is 79.6 Å². The van der Waals surface area contributed by atoms with Crippen molar-refractivity contribution in [1.29, 1.82) is 0 Å². The second-order valence-electron chi connectivity index (χ2n) is 9.47. The highest BCUT2D eigenvalue weighted by molar-refractivity contribution is 5.92. The van der Waals surface area contributed by atoms with Crippen LogP contribution in [0.3, 0.4) is 0 Å². The molecule has 0 saturated heterocycles. The lowest BCUT2D eigenvalue weighted by Crippen LogP contribution is -2.10. The van der Waals surface area contributed by atoms with Crippen molar-refractivity contribution in [3.8, 4) is 23.0 Å². The van der Waals surface area contributed by atoms with Crippen LogP contribution in [0.2, 0.25) is 0 Å². The van der Waals surface area contributed by atoms with Crippen LogP contribution in [0.4, 0.5) is 0 Å². The number of ether oxygens (including phenoxy) is 4. The van der Waals surface area contributed by atoms with Gasteiger partial charge in [0.2, 0.25) is 0 Å². The predicted molar refractivity (Wildman–Crippen MR) is 153 cm³/mol. The van der Waals surface area contributed by atoms with Crippen molar-refractivity contribution in [1.82, 2.24) is 0 Å². The van der Waals surface area contributed by atoms with Gasteiger partial charge >= 0.3 is 11.9 Å². The summed E-state index contributed by atoms with van der Waals surface area (Å²) in [4.78, 5) is 25.2. The zero-order valence-electron chi connectivity index (χ0n) is 23.2. The van der Waals surface area contributed by atoms with Crippen molar-refractivity contribution >= 4 is 11.9 Å². The minimum absolute atomic E-state index is 0.333. The number of hydrogen-bond acceptors (Lipinski definition) is 6. The molecule has 3 aromatic carbocycles. The third kappa shape index (κ3) is 10.8. The van der Waals surface area contributed by atoms with Crippen LogP contribution in [0.5, 0.6) is 23.0 Å². The summed E-state index contributed by atoms with van der Waals surface area (Å²) in [6.45, 7) is 5.65. The molecule has 0 radical (unpaired) electrons. The molecule has 0 fully saturated rings. The molecule has 0 aromatic heterocycles. The molecule has 0 aliphatic heterocycles. The van der Waals surface area contributed by atoms with Crippen molar-refractivity contribution in [3.05, 3.63) is 83.9 Å². The summed E-state index contributed by atoms with van der Waals surface area (Å²) >= 11 is 0. The molecule has 0 N–H and O–H groups in total. The summed E-state index contributed by atoms with van der Waals surface area (Å²) in [7, 11) is 0. The van der Waals surface area contributed by atoms with Gasteiger partial charge in [0.05, 0.1) is 24.3 Å². The van der Waals surface area contributed by atoms with Crippen LogP contribution < -0.4 is 18.9 Å². The molecule has 6 nitrogen and oxygen atoms in total. The number of carbonyl (C=O) groups excluding carboxylic acids is 2. The molecular weight excluding hydrogens is 492 g/mol. The van der Waals surface area contributed by atoms with Gasteiger partial charge in [0.25, 0.3) is 0 Å². The molecule has 6 heteroatoms. The van der Waals surface area contributed by atoms with Gasteiger partial charge in [-0.15, -0.1) is 0 Å². The number of unbranched alkanes of at least 4 members (excludes halogenated alkanes) is 7. The summed E-state index contributed by atoms with van der Waals surface area (Å²) in [6.07, 6.45) is 10.4. The first-order valence-corrected chi connectivity index (χ1v) is 14.1. The van der Waals surface area contributed by atoms with Crippen LogP contribution in [0, 0.1) is 0 Å². The van der Waals surface area contributed by atoms with Crippen molar-refractivity contribution in [2.75, 3.05) is 13.2 Å². The third-order valence-electron chi connectivity index (χ3n) is 6.19. The lowest BCUT2D eigenvalue weighted by molar-refractivity contribution is 0.0730. The van der Waals surface area contributed by atoms with Gasteiger partial charge in [-0.3, -0.25) is 0 Å². The SMILES string of the molecule is CCCCCCCCOc1cccc(C(=O)Oc2ccc(C(=O)Oc3ccc(OCCCCC)cc3)cc2)c1. The normalized spacial score (nSPS) is 10.6. The first-order chi connectivity index (χ1) is 19.1. The molecule has 39 heavy (non-hydrogen) atoms. The highest BCUT2D eigenvalue weighted by Gasteiger charge is 2.13. The van der Waals surface area contributed by atoms with E-state index in [9.17, 15) is 9.59 Å². The van der Waals surface area contributed by atoms with E-state index in [1.165, 1.54) is 25.7 Å². The van der Waals surface area contributed by atoms with Gasteiger partial charge in [0.15, 0.2) is 0 Å². The van der Waals surface area contributed by atoms with E-state index in [-0.39, 0.29) is 0 Å². The van der Waals surface area contributed by atoms with Crippen molar-refractivity contribution in [3.63, 3.8) is 0 Å². The smallest absolute Gasteiger partial charge is 0.343 e. The fourth-order valence-electron chi connectivity index (χ4n) is 3.92. The Kier molecular flexibility index (Phi) is 12.9. The molecule has 208 valence electrons. The van der Waals surface area contributed by atoms with Gasteiger partial charge in [-0.2, -0.15) is 0 Å². The number of carbonyl (C=O) groups is 2. The second-order valence-corrected chi connectivity index (χ2v) is 9.47. The summed E-state index contributed by atoms with van der Waals surface area (Å²) in [5.74, 6) is 1.15. The molecule has 3 aromatic rings. The van der Waals surface area contributed by atoms with E-state index in [1.54, 1.807) is 66.7 Å². The highest BCUT2D eigenvalue weighted by atomic mass is 16.5. The Balaban J connectivity index is 1.45. The molecule has 0 unspecified atom stereocenters. The standard InChI is InChI=1S/C33H40O6/c1-3-5-7-8-9-11-24-37-31-14-12-13-27(25-31)33(35)39-29-17-15-26(16-18-29)32(34)38-30-21-19-28(20-22-30)36-23-10-6-4-2/h12-22,25H,3-11,23-24H2,1-2H3. The Morgan fingerprint density at radius 1 is 0.513 bits per heavy atom. The van der Waals surface area contributed by atoms with E-state index >= 15 is 0 Å². The molecule has 0 atom stereocenters. The second kappa shape index (κ2) is 16.9. The molecule has 0 spiro atoms. The summed E-state index contributed by atoms with van der Waals surface area (Å²) in [5.41, 5.74) is 0.747. The quantitative estimate of drug-likeness (QED) is 0.0987. The number of benzene rings is 3. The number of rotatable bonds is 17. The monoisotopic (exact) mass is 532 g/mol. The first kappa shape index (κ1) is 29.8. The summed E-state index contributed by atoms with van der Waals surface area (Å²) in [5, 5.41) is 0. The molecule has 0 saturated carbocycles. The Labute approximate surface area is 232 Å². The first-order valence-electron chi connectivity index (χ1n) is 14.1. The largest absolute Gasteiger partial charge is 0.494 e. The van der Waals surface area contributed by atoms with Crippen LogP contribution in [-0.4, -0.2) is 25.2 Å². The fraction of sp³-hybridized carbons (Fsp3) is 0.394. The average molecular weight is 533 g/mol. The number of hydrogen-bond donors (Lipinski definition) is 0. The molecule has 0 amide bonds. The zero-order valence-corrected chi connectivity index (χ0v) is 23.2. The zero-order chi connectivity index (χ0) is 27.7. The van der Waals surface area contributed by atoms with E-state index in [1.807, 2.05) is 6.07 Å². The Hall–Kier alpha value is -3.80. The third-order valence-corrected chi connectivity index (χ3v) is 6.19. The van der Waals surface area contributed by atoms with E-state index in [4.69, 9.17) is 18.9 Å². The van der Waals surface area contributed by atoms with Gasteiger partial charge < -0.3 is 18.9 Å². The lowest BCUT2D eigenvalue weighted by atomic mass is 10.1. The maximum atomic E-state index is 12.6. The topological polar surface area (TPSA) is 71.1 Å². The molecule has 0 heterocycles. The molecule has 3 rings (SSSR count). The van der Waals surface area contributed by atoms with E-state index < -0.39 is 11.9 Å². The highest BCUT2D eigenvalue weighted by Crippen LogP contribution is 2.21. The van der Waals surface area contributed by atoms with E-state index in [2.05, 4.69) is 13.8 Å². The predicted octanol–water partition coefficient (Wildman–Crippen LogP) is 8.43. The minimum atomic E-state index is -0.500. The van der Waals surface area contributed by atoms with Crippen LogP contribution in [0.1, 0.15) is 92.4 Å². The molecule has 0 aliphatic rings. The van der Waals surface area contributed by atoms with Crippen LogP contribution in [-0.2, 0) is 0 Å². The van der Waals surface area contributed by atoms with Crippen LogP contribution in [0.25, 0.3) is 0 Å². The lowest BCUT2D eigenvalue weighted by Gasteiger charge is -2.09. The van der Waals surface area contributed by atoms with Crippen molar-refractivity contribution < 1.29 is 28.5 Å². The van der Waals surface area contributed by atoms with Gasteiger partial charge in [-0.25, -0.2) is 9.59 Å². The number of esters is 2. The molecular formula is C33H40O6. The Morgan fingerprint density at radius 2 is 1.00 bits per heavy atom. The van der Waals surface area contributed by atoms with Crippen LogP contribution in [0.15, 0.2) is 72.8 Å². The van der Waals surface area contributed by atoms with Gasteiger partial charge in [0.1, 0.15) is 23.0 Å². The van der Waals surface area contributed by atoms with E-state index in [0.29, 0.717) is 41.6 Å². The Bertz CT molecular complexity index is 1140. The van der Waals surface area contributed by atoms with Crippen LogP contribution >= 0.6 is 0 Å². The fourth-order valence-corrected chi connectivity index (χ4v) is 3.92. The molecule has 0 aliphatic carbocycles. The van der Waals surface area contributed by atoms with Gasteiger partial charge in [0, 0.05) is 0 Å². The summed E-state index contributed by atoms with van der Waals surface area (Å²) in [6, 6.07) is 20.2. The average Bonchev–Trinajstić information content (AvgIpc) is 2.96. The van der Waals surface area contributed by atoms with Gasteiger partial charge in [-0.1, -0.05) is 64.9 Å². The Morgan fingerprint density at radius 3 is 1.67 bits per heavy atom. The maximum absolute atomic E-state index is 12.6. The summed E-state index contributed by atoms with van der Waals surface area (Å²) < 4.78 is 22.4. The van der Waals surface area contributed by atoms with Crippen molar-refractivity contribution in [2.45, 2.75) is 71.6 Å². The maximum Gasteiger partial charge on any atom is 0.343 e. The minimum Gasteiger partial charge on any atom is -0.494 e. The van der Waals surface area contributed by atoms with E-state index in [0.717, 1.165) is 37.9 Å². The van der Waals surface area contributed by atoms with Crippen molar-refractivity contribution in [2.24, 2.45) is 0 Å². The molecule has 0 bridgehead atoms.